The van der Waals surface area contributed by atoms with Crippen molar-refractivity contribution in [2.24, 2.45) is 0 Å². The molecule has 0 unspecified atom stereocenters. The van der Waals surface area contributed by atoms with Crippen LogP contribution in [0.4, 0.5) is 4.79 Å². The maximum atomic E-state index is 13.9. The SMILES string of the molecule is COc1ccc(CN2C(=O)[C@@H](NC(=O)OCC3c4ccccc4-c4ccccc43)CC/C=C/C[C@H]2C(=O)O)c(OC)c1. The number of nitrogens with one attached hydrogen (secondary N) is 1. The lowest BCUT2D eigenvalue weighted by atomic mass is 9.98. The van der Waals surface area contributed by atoms with Crippen molar-refractivity contribution < 1.29 is 33.7 Å². The summed E-state index contributed by atoms with van der Waals surface area (Å²) in [4.78, 5) is 40.6. The van der Waals surface area contributed by atoms with E-state index in [1.165, 1.54) is 19.1 Å². The fraction of sp³-hybridized carbons (Fsp3) is 0.303. The first-order valence-electron chi connectivity index (χ1n) is 13.9. The number of benzene rings is 3. The lowest BCUT2D eigenvalue weighted by Crippen LogP contribution is -2.53. The van der Waals surface area contributed by atoms with Gasteiger partial charge in [-0.05, 0) is 53.6 Å². The Labute approximate surface area is 244 Å². The summed E-state index contributed by atoms with van der Waals surface area (Å²) < 4.78 is 16.5. The van der Waals surface area contributed by atoms with Crippen molar-refractivity contribution in [3.8, 4) is 22.6 Å². The molecule has 0 fully saturated rings. The van der Waals surface area contributed by atoms with Crippen LogP contribution in [0.5, 0.6) is 11.5 Å². The highest BCUT2D eigenvalue weighted by atomic mass is 16.5. The highest BCUT2D eigenvalue weighted by molar-refractivity contribution is 5.89. The van der Waals surface area contributed by atoms with Crippen molar-refractivity contribution in [3.05, 3.63) is 95.6 Å². The summed E-state index contributed by atoms with van der Waals surface area (Å²) in [5.41, 5.74) is 5.01. The van der Waals surface area contributed by atoms with Gasteiger partial charge < -0.3 is 29.5 Å². The predicted molar refractivity (Wildman–Crippen MR) is 157 cm³/mol. The molecule has 0 spiro atoms. The fourth-order valence-corrected chi connectivity index (χ4v) is 5.71. The highest BCUT2D eigenvalue weighted by Gasteiger charge is 2.36. The Kier molecular flexibility index (Phi) is 8.76. The molecule has 1 aliphatic carbocycles. The van der Waals surface area contributed by atoms with E-state index in [1.54, 1.807) is 24.3 Å². The number of carbonyl (C=O) groups excluding carboxylic acids is 2. The Morgan fingerprint density at radius 1 is 0.952 bits per heavy atom. The van der Waals surface area contributed by atoms with Crippen LogP contribution in [-0.4, -0.2) is 60.9 Å². The molecule has 3 aromatic carbocycles. The van der Waals surface area contributed by atoms with Crippen molar-refractivity contribution in [3.63, 3.8) is 0 Å². The third kappa shape index (κ3) is 5.95. The molecule has 5 rings (SSSR count). The summed E-state index contributed by atoms with van der Waals surface area (Å²) in [6.45, 7) is 0.0743. The molecule has 1 aliphatic heterocycles. The second kappa shape index (κ2) is 12.8. The van der Waals surface area contributed by atoms with Crippen molar-refractivity contribution in [2.75, 3.05) is 20.8 Å². The Balaban J connectivity index is 1.34. The zero-order chi connectivity index (χ0) is 29.6. The number of amides is 2. The molecule has 0 saturated carbocycles. The van der Waals surface area contributed by atoms with Gasteiger partial charge in [0.05, 0.1) is 20.8 Å². The lowest BCUT2D eigenvalue weighted by molar-refractivity contribution is -0.151. The van der Waals surface area contributed by atoms with Crippen molar-refractivity contribution in [1.82, 2.24) is 10.2 Å². The number of methoxy groups -OCH3 is 2. The van der Waals surface area contributed by atoms with E-state index in [9.17, 15) is 19.5 Å². The van der Waals surface area contributed by atoms with Crippen LogP contribution in [0.2, 0.25) is 0 Å². The van der Waals surface area contributed by atoms with Crippen LogP contribution >= 0.6 is 0 Å². The second-order valence-corrected chi connectivity index (χ2v) is 10.3. The number of fused-ring (bicyclic) bond motifs is 3. The van der Waals surface area contributed by atoms with Gasteiger partial charge in [-0.25, -0.2) is 9.59 Å². The number of hydrogen-bond acceptors (Lipinski definition) is 6. The minimum absolute atomic E-state index is 0.0281. The number of hydrogen-bond donors (Lipinski definition) is 2. The number of allylic oxidation sites excluding steroid dienone is 1. The summed E-state index contributed by atoms with van der Waals surface area (Å²) >= 11 is 0. The predicted octanol–water partition coefficient (Wildman–Crippen LogP) is 5.13. The zero-order valence-corrected chi connectivity index (χ0v) is 23.6. The van der Waals surface area contributed by atoms with Gasteiger partial charge in [-0.2, -0.15) is 0 Å². The molecule has 2 amide bonds. The Hall–Kier alpha value is -4.79. The maximum absolute atomic E-state index is 13.9. The lowest BCUT2D eigenvalue weighted by Gasteiger charge is -2.32. The molecule has 9 heteroatoms. The van der Waals surface area contributed by atoms with E-state index in [-0.39, 0.29) is 25.5 Å². The third-order valence-electron chi connectivity index (χ3n) is 7.86. The van der Waals surface area contributed by atoms with Crippen molar-refractivity contribution >= 4 is 18.0 Å². The number of carboxylic acids is 1. The first-order chi connectivity index (χ1) is 20.4. The van der Waals surface area contributed by atoms with Crippen LogP contribution < -0.4 is 14.8 Å². The molecular formula is C33H34N2O7. The number of carboxylic acid groups (broad SMARTS) is 1. The van der Waals surface area contributed by atoms with Gasteiger partial charge in [-0.1, -0.05) is 60.7 Å². The smallest absolute Gasteiger partial charge is 0.407 e. The average molecular weight is 571 g/mol. The second-order valence-electron chi connectivity index (χ2n) is 10.3. The number of carbonyl (C=O) groups is 3. The quantitative estimate of drug-likeness (QED) is 0.361. The van der Waals surface area contributed by atoms with Gasteiger partial charge in [0.2, 0.25) is 5.91 Å². The molecule has 9 nitrogen and oxygen atoms in total. The maximum Gasteiger partial charge on any atom is 0.407 e. The summed E-state index contributed by atoms with van der Waals surface area (Å²) in [7, 11) is 3.03. The van der Waals surface area contributed by atoms with Crippen molar-refractivity contribution in [1.29, 1.82) is 0 Å². The molecule has 42 heavy (non-hydrogen) atoms. The van der Waals surface area contributed by atoms with Crippen LogP contribution in [-0.2, 0) is 20.9 Å². The number of aliphatic carboxylic acids is 1. The minimum atomic E-state index is -1.14. The topological polar surface area (TPSA) is 114 Å². The molecule has 218 valence electrons. The molecule has 0 saturated heterocycles. The molecule has 2 atom stereocenters. The Morgan fingerprint density at radius 3 is 2.29 bits per heavy atom. The van der Waals surface area contributed by atoms with Gasteiger partial charge >= 0.3 is 12.1 Å². The summed E-state index contributed by atoms with van der Waals surface area (Å²) in [5.74, 6) is -0.737. The summed E-state index contributed by atoms with van der Waals surface area (Å²) in [5, 5.41) is 12.8. The van der Waals surface area contributed by atoms with Crippen LogP contribution in [0, 0.1) is 0 Å². The Morgan fingerprint density at radius 2 is 1.64 bits per heavy atom. The molecule has 1 heterocycles. The monoisotopic (exact) mass is 570 g/mol. The van der Waals surface area contributed by atoms with Gasteiger partial charge in [0, 0.05) is 17.5 Å². The number of ether oxygens (including phenoxy) is 3. The zero-order valence-electron chi connectivity index (χ0n) is 23.6. The molecule has 0 aromatic heterocycles. The molecule has 3 aromatic rings. The van der Waals surface area contributed by atoms with E-state index in [0.717, 1.165) is 22.3 Å². The molecule has 0 bridgehead atoms. The molecule has 2 N–H and O–H groups in total. The minimum Gasteiger partial charge on any atom is -0.497 e. The standard InChI is InChI=1S/C33H34N2O7/c1-40-22-17-16-21(30(18-22)41-2)19-35-29(32(37)38)15-5-3-4-14-28(31(35)36)34-33(39)42-20-27-25-12-8-6-10-23(25)24-11-7-9-13-26(24)27/h3,5-13,16-18,27-29H,4,14-15,19-20H2,1-2H3,(H,34,39)(H,37,38)/b5-3+/t28-,29-/m0/s1. The first kappa shape index (κ1) is 28.7. The van der Waals surface area contributed by atoms with E-state index in [4.69, 9.17) is 14.2 Å². The number of alkyl carbamates (subject to hydrolysis) is 1. The summed E-state index contributed by atoms with van der Waals surface area (Å²) in [6, 6.07) is 19.1. The normalized spacial score (nSPS) is 19.0. The van der Waals surface area contributed by atoms with E-state index < -0.39 is 30.1 Å². The number of nitrogens with zero attached hydrogens (tertiary/aromatic N) is 1. The van der Waals surface area contributed by atoms with E-state index >= 15 is 0 Å². The highest BCUT2D eigenvalue weighted by Crippen LogP contribution is 2.44. The van der Waals surface area contributed by atoms with Gasteiger partial charge in [-0.3, -0.25) is 4.79 Å². The van der Waals surface area contributed by atoms with Gasteiger partial charge in [0.1, 0.15) is 30.2 Å². The Bertz CT molecular complexity index is 1460. The molecular weight excluding hydrogens is 536 g/mol. The third-order valence-corrected chi connectivity index (χ3v) is 7.86. The van der Waals surface area contributed by atoms with Crippen LogP contribution in [0.1, 0.15) is 41.9 Å². The van der Waals surface area contributed by atoms with Gasteiger partial charge in [0.15, 0.2) is 0 Å². The van der Waals surface area contributed by atoms with Crippen LogP contribution in [0.3, 0.4) is 0 Å². The number of rotatable bonds is 8. The molecule has 0 radical (unpaired) electrons. The van der Waals surface area contributed by atoms with E-state index in [0.29, 0.717) is 29.9 Å². The average Bonchev–Trinajstić information content (AvgIpc) is 3.35. The largest absolute Gasteiger partial charge is 0.497 e. The fourth-order valence-electron chi connectivity index (χ4n) is 5.71. The van der Waals surface area contributed by atoms with E-state index in [2.05, 4.69) is 17.4 Å². The molecule has 2 aliphatic rings. The van der Waals surface area contributed by atoms with Gasteiger partial charge in [0.25, 0.3) is 0 Å². The van der Waals surface area contributed by atoms with Crippen LogP contribution in [0.25, 0.3) is 11.1 Å². The van der Waals surface area contributed by atoms with Crippen LogP contribution in [0.15, 0.2) is 78.9 Å². The summed E-state index contributed by atoms with van der Waals surface area (Å²) in [6.07, 6.45) is 3.80. The van der Waals surface area contributed by atoms with E-state index in [1.807, 2.05) is 42.5 Å². The van der Waals surface area contributed by atoms with Gasteiger partial charge in [-0.15, -0.1) is 0 Å². The van der Waals surface area contributed by atoms with Crippen molar-refractivity contribution in [2.45, 2.75) is 43.8 Å². The first-order valence-corrected chi connectivity index (χ1v) is 13.9.